The van der Waals surface area contributed by atoms with Crippen LogP contribution in [0.3, 0.4) is 0 Å². The molecule has 0 heterocycles. The lowest BCUT2D eigenvalue weighted by molar-refractivity contribution is -0.137. The number of aliphatic carboxylic acids is 1. The van der Waals surface area contributed by atoms with Crippen LogP contribution >= 0.6 is 0 Å². The van der Waals surface area contributed by atoms with Crippen LogP contribution in [0.5, 0.6) is 11.5 Å². The Morgan fingerprint density at radius 3 is 2.45 bits per heavy atom. The lowest BCUT2D eigenvalue weighted by Gasteiger charge is -2.28. The van der Waals surface area contributed by atoms with Crippen molar-refractivity contribution in [3.63, 3.8) is 0 Å². The Balaban J connectivity index is 2.88. The summed E-state index contributed by atoms with van der Waals surface area (Å²) in [5, 5.41) is 8.80. The summed E-state index contributed by atoms with van der Waals surface area (Å²) in [6.07, 6.45) is 0.144. The quantitative estimate of drug-likeness (QED) is 0.793. The molecule has 0 aromatic heterocycles. The third-order valence-corrected chi connectivity index (χ3v) is 3.46. The van der Waals surface area contributed by atoms with E-state index in [4.69, 9.17) is 14.6 Å². The largest absolute Gasteiger partial charge is 0.493 e. The van der Waals surface area contributed by atoms with Gasteiger partial charge in [-0.1, -0.05) is 13.0 Å². The number of nitrogens with zero attached hydrogens (tertiary/aromatic N) is 1. The standard InChI is InChI=1S/C15H23NO4/c1-5-16(9-8-15(17)18)11(2)12-6-7-13(19-3)14(10-12)20-4/h6-7,10-11H,5,8-9H2,1-4H3,(H,17,18). The predicted octanol–water partition coefficient (Wildman–Crippen LogP) is 2.56. The lowest BCUT2D eigenvalue weighted by atomic mass is 10.1. The highest BCUT2D eigenvalue weighted by atomic mass is 16.5. The molecule has 0 aliphatic heterocycles. The fourth-order valence-corrected chi connectivity index (χ4v) is 2.19. The van der Waals surface area contributed by atoms with Gasteiger partial charge in [0.25, 0.3) is 0 Å². The fraction of sp³-hybridized carbons (Fsp3) is 0.533. The van der Waals surface area contributed by atoms with Gasteiger partial charge in [-0.2, -0.15) is 0 Å². The minimum atomic E-state index is -0.775. The van der Waals surface area contributed by atoms with Crippen molar-refractivity contribution in [2.24, 2.45) is 0 Å². The smallest absolute Gasteiger partial charge is 0.304 e. The second-order valence-corrected chi connectivity index (χ2v) is 4.56. The molecule has 0 aliphatic carbocycles. The van der Waals surface area contributed by atoms with Gasteiger partial charge in [0.1, 0.15) is 0 Å². The Morgan fingerprint density at radius 1 is 1.30 bits per heavy atom. The number of carboxylic acid groups (broad SMARTS) is 1. The van der Waals surface area contributed by atoms with Crippen LogP contribution in [0.2, 0.25) is 0 Å². The van der Waals surface area contributed by atoms with Crippen molar-refractivity contribution in [1.29, 1.82) is 0 Å². The fourth-order valence-electron chi connectivity index (χ4n) is 2.19. The normalized spacial score (nSPS) is 12.2. The Morgan fingerprint density at radius 2 is 1.95 bits per heavy atom. The Hall–Kier alpha value is -1.75. The van der Waals surface area contributed by atoms with Crippen molar-refractivity contribution >= 4 is 5.97 Å². The van der Waals surface area contributed by atoms with Crippen LogP contribution < -0.4 is 9.47 Å². The van der Waals surface area contributed by atoms with Crippen LogP contribution in [0, 0.1) is 0 Å². The van der Waals surface area contributed by atoms with Crippen molar-refractivity contribution in [1.82, 2.24) is 4.90 Å². The SMILES string of the molecule is CCN(CCC(=O)O)C(C)c1ccc(OC)c(OC)c1. The Kier molecular flexibility index (Phi) is 6.31. The number of rotatable bonds is 8. The summed E-state index contributed by atoms with van der Waals surface area (Å²) in [4.78, 5) is 12.8. The minimum Gasteiger partial charge on any atom is -0.493 e. The van der Waals surface area contributed by atoms with Gasteiger partial charge in [0, 0.05) is 12.6 Å². The number of methoxy groups -OCH3 is 2. The summed E-state index contributed by atoms with van der Waals surface area (Å²) < 4.78 is 10.5. The first kappa shape index (κ1) is 16.3. The maximum atomic E-state index is 10.7. The number of hydrogen-bond acceptors (Lipinski definition) is 4. The molecular formula is C15H23NO4. The van der Waals surface area contributed by atoms with E-state index >= 15 is 0 Å². The van der Waals surface area contributed by atoms with Gasteiger partial charge in [0.05, 0.1) is 20.6 Å². The highest BCUT2D eigenvalue weighted by Gasteiger charge is 2.17. The average molecular weight is 281 g/mol. The third-order valence-electron chi connectivity index (χ3n) is 3.46. The molecule has 0 radical (unpaired) electrons. The molecular weight excluding hydrogens is 258 g/mol. The highest BCUT2D eigenvalue weighted by Crippen LogP contribution is 2.31. The molecule has 5 heteroatoms. The van der Waals surface area contributed by atoms with Gasteiger partial charge in [-0.05, 0) is 31.2 Å². The average Bonchev–Trinajstić information content (AvgIpc) is 2.46. The van der Waals surface area contributed by atoms with Gasteiger partial charge >= 0.3 is 5.97 Å². The van der Waals surface area contributed by atoms with Gasteiger partial charge in [0.2, 0.25) is 0 Å². The van der Waals surface area contributed by atoms with Crippen LogP contribution in [0.15, 0.2) is 18.2 Å². The molecule has 20 heavy (non-hydrogen) atoms. The van der Waals surface area contributed by atoms with Gasteiger partial charge in [-0.25, -0.2) is 0 Å². The van der Waals surface area contributed by atoms with Gasteiger partial charge in [0.15, 0.2) is 11.5 Å². The summed E-state index contributed by atoms with van der Waals surface area (Å²) in [5.74, 6) is 0.603. The van der Waals surface area contributed by atoms with Crippen molar-refractivity contribution in [2.45, 2.75) is 26.3 Å². The molecule has 0 saturated heterocycles. The second kappa shape index (κ2) is 7.75. The molecule has 1 unspecified atom stereocenters. The van der Waals surface area contributed by atoms with E-state index < -0.39 is 5.97 Å². The maximum Gasteiger partial charge on any atom is 0.304 e. The van der Waals surface area contributed by atoms with E-state index in [2.05, 4.69) is 11.8 Å². The molecule has 0 spiro atoms. The Labute approximate surface area is 120 Å². The van der Waals surface area contributed by atoms with E-state index in [0.29, 0.717) is 18.0 Å². The first-order valence-corrected chi connectivity index (χ1v) is 6.71. The monoisotopic (exact) mass is 281 g/mol. The molecule has 1 atom stereocenters. The van der Waals surface area contributed by atoms with Crippen molar-refractivity contribution in [3.05, 3.63) is 23.8 Å². The highest BCUT2D eigenvalue weighted by molar-refractivity contribution is 5.66. The molecule has 0 saturated carbocycles. The van der Waals surface area contributed by atoms with E-state index in [0.717, 1.165) is 12.1 Å². The first-order valence-electron chi connectivity index (χ1n) is 6.71. The van der Waals surface area contributed by atoms with Gasteiger partial charge < -0.3 is 14.6 Å². The zero-order chi connectivity index (χ0) is 15.1. The molecule has 0 fully saturated rings. The van der Waals surface area contributed by atoms with E-state index in [1.54, 1.807) is 14.2 Å². The summed E-state index contributed by atoms with van der Waals surface area (Å²) in [6.45, 7) is 5.41. The van der Waals surface area contributed by atoms with Crippen LogP contribution in [-0.2, 0) is 4.79 Å². The van der Waals surface area contributed by atoms with E-state index in [-0.39, 0.29) is 12.5 Å². The molecule has 1 N–H and O–H groups in total. The molecule has 5 nitrogen and oxygen atoms in total. The number of carboxylic acids is 1. The van der Waals surface area contributed by atoms with Crippen molar-refractivity contribution < 1.29 is 19.4 Å². The summed E-state index contributed by atoms with van der Waals surface area (Å²) in [7, 11) is 3.21. The van der Waals surface area contributed by atoms with Crippen LogP contribution in [0.25, 0.3) is 0 Å². The van der Waals surface area contributed by atoms with E-state index in [9.17, 15) is 4.79 Å². The summed E-state index contributed by atoms with van der Waals surface area (Å²) in [6, 6.07) is 5.91. The van der Waals surface area contributed by atoms with Gasteiger partial charge in [-0.3, -0.25) is 9.69 Å². The molecule has 0 bridgehead atoms. The molecule has 1 rings (SSSR count). The molecule has 0 aliphatic rings. The number of carbonyl (C=O) groups is 1. The van der Waals surface area contributed by atoms with E-state index in [1.807, 2.05) is 25.1 Å². The number of hydrogen-bond donors (Lipinski definition) is 1. The van der Waals surface area contributed by atoms with Crippen LogP contribution in [0.4, 0.5) is 0 Å². The zero-order valence-corrected chi connectivity index (χ0v) is 12.5. The topological polar surface area (TPSA) is 59.0 Å². The molecule has 1 aromatic carbocycles. The predicted molar refractivity (Wildman–Crippen MR) is 77.5 cm³/mol. The second-order valence-electron chi connectivity index (χ2n) is 4.56. The third kappa shape index (κ3) is 4.13. The molecule has 1 aromatic rings. The molecule has 0 amide bonds. The van der Waals surface area contributed by atoms with Crippen LogP contribution in [0.1, 0.15) is 31.9 Å². The van der Waals surface area contributed by atoms with Crippen molar-refractivity contribution in [3.8, 4) is 11.5 Å². The summed E-state index contributed by atoms with van der Waals surface area (Å²) in [5.41, 5.74) is 1.08. The van der Waals surface area contributed by atoms with Crippen molar-refractivity contribution in [2.75, 3.05) is 27.3 Å². The Bertz CT molecular complexity index is 447. The van der Waals surface area contributed by atoms with Gasteiger partial charge in [-0.15, -0.1) is 0 Å². The minimum absolute atomic E-state index is 0.124. The first-order chi connectivity index (χ1) is 9.53. The number of benzene rings is 1. The molecule has 112 valence electrons. The zero-order valence-electron chi connectivity index (χ0n) is 12.5. The lowest BCUT2D eigenvalue weighted by Crippen LogP contribution is -2.29. The number of ether oxygens (including phenoxy) is 2. The van der Waals surface area contributed by atoms with Crippen LogP contribution in [-0.4, -0.2) is 43.3 Å². The maximum absolute atomic E-state index is 10.7. The summed E-state index contributed by atoms with van der Waals surface area (Å²) >= 11 is 0. The van der Waals surface area contributed by atoms with E-state index in [1.165, 1.54) is 0 Å².